The van der Waals surface area contributed by atoms with Gasteiger partial charge >= 0.3 is 0 Å². The van der Waals surface area contributed by atoms with Crippen molar-refractivity contribution in [2.45, 2.75) is 31.1 Å². The smallest absolute Gasteiger partial charge is 0.0960 e. The fourth-order valence-electron chi connectivity index (χ4n) is 4.05. The summed E-state index contributed by atoms with van der Waals surface area (Å²) in [6.45, 7) is 4.97. The molecule has 4 heteroatoms. The van der Waals surface area contributed by atoms with Crippen LogP contribution in [0.1, 0.15) is 30.1 Å². The van der Waals surface area contributed by atoms with E-state index in [1.807, 2.05) is 12.1 Å². The van der Waals surface area contributed by atoms with Gasteiger partial charge in [-0.1, -0.05) is 54.1 Å². The number of hydrogen-bond donors (Lipinski definition) is 1. The summed E-state index contributed by atoms with van der Waals surface area (Å²) in [5.41, 5.74) is 2.55. The summed E-state index contributed by atoms with van der Waals surface area (Å²) < 4.78 is 6.68. The maximum absolute atomic E-state index is 6.68. The molecule has 1 N–H and O–H groups in total. The molecule has 1 atom stereocenters. The lowest BCUT2D eigenvalue weighted by atomic mass is 9.88. The molecule has 132 valence electrons. The van der Waals surface area contributed by atoms with Gasteiger partial charge in [0.2, 0.25) is 0 Å². The van der Waals surface area contributed by atoms with Gasteiger partial charge < -0.3 is 10.1 Å². The second-order valence-electron chi connectivity index (χ2n) is 7.25. The predicted molar refractivity (Wildman–Crippen MR) is 102 cm³/mol. The zero-order chi connectivity index (χ0) is 17.1. The van der Waals surface area contributed by atoms with Crippen molar-refractivity contribution in [1.29, 1.82) is 0 Å². The largest absolute Gasteiger partial charge is 0.364 e. The zero-order valence-corrected chi connectivity index (χ0v) is 15.2. The third-order valence-electron chi connectivity index (χ3n) is 5.33. The molecule has 0 bridgehead atoms. The monoisotopic (exact) mass is 356 g/mol. The van der Waals surface area contributed by atoms with Gasteiger partial charge in [0, 0.05) is 24.7 Å². The van der Waals surface area contributed by atoms with Gasteiger partial charge in [-0.3, -0.25) is 4.90 Å². The van der Waals surface area contributed by atoms with E-state index in [1.165, 1.54) is 11.1 Å². The van der Waals surface area contributed by atoms with Gasteiger partial charge in [0.25, 0.3) is 0 Å². The van der Waals surface area contributed by atoms with E-state index in [0.29, 0.717) is 0 Å². The Kier molecular flexibility index (Phi) is 5.09. The van der Waals surface area contributed by atoms with E-state index in [1.54, 1.807) is 0 Å². The number of morpholine rings is 1. The van der Waals surface area contributed by atoms with Crippen molar-refractivity contribution in [2.24, 2.45) is 0 Å². The molecule has 25 heavy (non-hydrogen) atoms. The van der Waals surface area contributed by atoms with E-state index in [9.17, 15) is 0 Å². The number of halogens is 1. The number of piperidine rings is 1. The molecule has 0 radical (unpaired) electrons. The van der Waals surface area contributed by atoms with Crippen LogP contribution in [0.2, 0.25) is 5.02 Å². The minimum atomic E-state index is -0.0391. The molecule has 2 heterocycles. The molecule has 1 spiro atoms. The minimum absolute atomic E-state index is 0.0391. The first-order valence-corrected chi connectivity index (χ1v) is 9.51. The zero-order valence-electron chi connectivity index (χ0n) is 14.5. The average Bonchev–Trinajstić information content (AvgIpc) is 2.63. The van der Waals surface area contributed by atoms with Crippen LogP contribution in [0.15, 0.2) is 54.6 Å². The fraction of sp³-hybridized carbons (Fsp3) is 0.429. The van der Waals surface area contributed by atoms with E-state index in [-0.39, 0.29) is 11.7 Å². The number of benzene rings is 2. The second-order valence-corrected chi connectivity index (χ2v) is 7.68. The molecule has 0 unspecified atom stereocenters. The van der Waals surface area contributed by atoms with Crippen molar-refractivity contribution in [1.82, 2.24) is 10.2 Å². The summed E-state index contributed by atoms with van der Waals surface area (Å²) in [6.07, 6.45) is 2.25. The molecular weight excluding hydrogens is 332 g/mol. The van der Waals surface area contributed by atoms with E-state index in [0.717, 1.165) is 50.6 Å². The molecule has 0 aromatic heterocycles. The first-order valence-electron chi connectivity index (χ1n) is 9.13. The standard InChI is InChI=1S/C21H25ClN2O/c22-19-8-6-18(7-9-19)20-15-24(14-17-4-2-1-3-5-17)16-21(25-20)10-12-23-13-11-21/h1-9,20,23H,10-16H2/t20-/m1/s1. The van der Waals surface area contributed by atoms with Crippen LogP contribution in [-0.4, -0.2) is 36.7 Å². The van der Waals surface area contributed by atoms with Crippen molar-refractivity contribution in [3.63, 3.8) is 0 Å². The lowest BCUT2D eigenvalue weighted by Crippen LogP contribution is -2.56. The number of hydrogen-bond acceptors (Lipinski definition) is 3. The normalized spacial score (nSPS) is 23.6. The van der Waals surface area contributed by atoms with Crippen LogP contribution in [0.25, 0.3) is 0 Å². The van der Waals surface area contributed by atoms with Gasteiger partial charge in [-0.25, -0.2) is 0 Å². The number of nitrogens with zero attached hydrogens (tertiary/aromatic N) is 1. The first-order chi connectivity index (χ1) is 12.2. The quantitative estimate of drug-likeness (QED) is 0.898. The van der Waals surface area contributed by atoms with Gasteiger partial charge in [0.1, 0.15) is 0 Å². The van der Waals surface area contributed by atoms with Crippen molar-refractivity contribution in [3.8, 4) is 0 Å². The van der Waals surface area contributed by atoms with Crippen LogP contribution in [0.4, 0.5) is 0 Å². The van der Waals surface area contributed by atoms with E-state index >= 15 is 0 Å². The Morgan fingerprint density at radius 3 is 2.48 bits per heavy atom. The van der Waals surface area contributed by atoms with Crippen molar-refractivity contribution in [3.05, 3.63) is 70.7 Å². The average molecular weight is 357 g/mol. The number of ether oxygens (including phenoxy) is 1. The molecule has 2 aromatic rings. The van der Waals surface area contributed by atoms with Crippen LogP contribution < -0.4 is 5.32 Å². The molecule has 4 rings (SSSR count). The van der Waals surface area contributed by atoms with E-state index in [2.05, 4.69) is 52.7 Å². The van der Waals surface area contributed by atoms with Gasteiger partial charge in [0.15, 0.2) is 0 Å². The van der Waals surface area contributed by atoms with Crippen LogP contribution in [0.3, 0.4) is 0 Å². The molecule has 0 saturated carbocycles. The van der Waals surface area contributed by atoms with Gasteiger partial charge in [0.05, 0.1) is 11.7 Å². The third kappa shape index (κ3) is 4.06. The van der Waals surface area contributed by atoms with Crippen LogP contribution in [0, 0.1) is 0 Å². The Balaban J connectivity index is 1.57. The Morgan fingerprint density at radius 1 is 1.04 bits per heavy atom. The molecule has 2 aliphatic heterocycles. The molecule has 2 saturated heterocycles. The number of nitrogens with one attached hydrogen (secondary N) is 1. The topological polar surface area (TPSA) is 24.5 Å². The van der Waals surface area contributed by atoms with E-state index in [4.69, 9.17) is 16.3 Å². The van der Waals surface area contributed by atoms with Crippen molar-refractivity contribution < 1.29 is 4.74 Å². The molecule has 0 amide bonds. The van der Waals surface area contributed by atoms with Crippen LogP contribution >= 0.6 is 11.6 Å². The molecule has 0 aliphatic carbocycles. The van der Waals surface area contributed by atoms with Gasteiger partial charge in [-0.2, -0.15) is 0 Å². The molecule has 3 nitrogen and oxygen atoms in total. The molecule has 2 aromatic carbocycles. The predicted octanol–water partition coefficient (Wildman–Crippen LogP) is 4.04. The summed E-state index contributed by atoms with van der Waals surface area (Å²) in [7, 11) is 0. The fourth-order valence-corrected chi connectivity index (χ4v) is 4.18. The van der Waals surface area contributed by atoms with Gasteiger partial charge in [-0.05, 0) is 49.2 Å². The lowest BCUT2D eigenvalue weighted by molar-refractivity contribution is -0.171. The summed E-state index contributed by atoms with van der Waals surface area (Å²) in [4.78, 5) is 2.56. The highest BCUT2D eigenvalue weighted by atomic mass is 35.5. The summed E-state index contributed by atoms with van der Waals surface area (Å²) >= 11 is 6.07. The summed E-state index contributed by atoms with van der Waals surface area (Å²) in [5, 5.41) is 4.24. The van der Waals surface area contributed by atoms with Crippen molar-refractivity contribution in [2.75, 3.05) is 26.2 Å². The Hall–Kier alpha value is -1.39. The van der Waals surface area contributed by atoms with Crippen LogP contribution in [0.5, 0.6) is 0 Å². The SMILES string of the molecule is Clc1ccc([C@H]2CN(Cc3ccccc3)CC3(CCNCC3)O2)cc1. The highest BCUT2D eigenvalue weighted by Crippen LogP contribution is 2.37. The van der Waals surface area contributed by atoms with Crippen molar-refractivity contribution >= 4 is 11.6 Å². The highest BCUT2D eigenvalue weighted by Gasteiger charge is 2.41. The first kappa shape index (κ1) is 17.0. The third-order valence-corrected chi connectivity index (χ3v) is 5.59. The van der Waals surface area contributed by atoms with Gasteiger partial charge in [-0.15, -0.1) is 0 Å². The van der Waals surface area contributed by atoms with E-state index < -0.39 is 0 Å². The Bertz CT molecular complexity index is 683. The Labute approximate surface area is 154 Å². The highest BCUT2D eigenvalue weighted by molar-refractivity contribution is 6.30. The summed E-state index contributed by atoms with van der Waals surface area (Å²) in [6, 6.07) is 18.9. The Morgan fingerprint density at radius 2 is 1.76 bits per heavy atom. The summed E-state index contributed by atoms with van der Waals surface area (Å²) in [5.74, 6) is 0. The molecular formula is C21H25ClN2O. The number of rotatable bonds is 3. The second kappa shape index (κ2) is 7.46. The maximum atomic E-state index is 6.68. The molecule has 2 aliphatic rings. The molecule has 2 fully saturated rings. The lowest BCUT2D eigenvalue weighted by Gasteiger charge is -2.48. The minimum Gasteiger partial charge on any atom is -0.364 e. The maximum Gasteiger partial charge on any atom is 0.0960 e. The van der Waals surface area contributed by atoms with Crippen LogP contribution in [-0.2, 0) is 11.3 Å².